The van der Waals surface area contributed by atoms with Crippen LogP contribution in [0.1, 0.15) is 42.9 Å². The second kappa shape index (κ2) is 5.33. The lowest BCUT2D eigenvalue weighted by atomic mass is 9.79. The number of nitrogens with two attached hydrogens (primary N) is 1. The minimum absolute atomic E-state index is 0.0261. The molecule has 0 heterocycles. The Morgan fingerprint density at radius 2 is 2.00 bits per heavy atom. The van der Waals surface area contributed by atoms with Gasteiger partial charge in [-0.15, -0.1) is 0 Å². The molecule has 18 heavy (non-hydrogen) atoms. The summed E-state index contributed by atoms with van der Waals surface area (Å²) in [4.78, 5) is 0. The van der Waals surface area contributed by atoms with Gasteiger partial charge in [0.1, 0.15) is 0 Å². The Bertz CT molecular complexity index is 397. The number of hydrazine groups is 1. The summed E-state index contributed by atoms with van der Waals surface area (Å²) >= 11 is 0. The van der Waals surface area contributed by atoms with E-state index in [1.165, 1.54) is 0 Å². The molecule has 1 aliphatic carbocycles. The molecule has 0 spiro atoms. The molecule has 1 fully saturated rings. The van der Waals surface area contributed by atoms with Gasteiger partial charge < -0.3 is 0 Å². The number of aryl methyl sites for hydroxylation is 1. The smallest absolute Gasteiger partial charge is 0.248 e. The van der Waals surface area contributed by atoms with Gasteiger partial charge in [0.05, 0.1) is 0 Å². The zero-order valence-corrected chi connectivity index (χ0v) is 10.6. The third kappa shape index (κ3) is 3.06. The van der Waals surface area contributed by atoms with E-state index in [9.17, 15) is 8.78 Å². The van der Waals surface area contributed by atoms with Crippen LogP contribution in [-0.2, 0) is 0 Å². The molecule has 2 rings (SSSR count). The summed E-state index contributed by atoms with van der Waals surface area (Å²) in [6.45, 7) is 2.02. The van der Waals surface area contributed by atoms with E-state index < -0.39 is 5.92 Å². The molecule has 0 bridgehead atoms. The van der Waals surface area contributed by atoms with Crippen molar-refractivity contribution in [1.29, 1.82) is 0 Å². The summed E-state index contributed by atoms with van der Waals surface area (Å²) in [5.41, 5.74) is 5.05. The molecular weight excluding hydrogens is 234 g/mol. The van der Waals surface area contributed by atoms with E-state index in [4.69, 9.17) is 5.84 Å². The first kappa shape index (κ1) is 13.4. The lowest BCUT2D eigenvalue weighted by molar-refractivity contribution is -0.0497. The van der Waals surface area contributed by atoms with Gasteiger partial charge in [-0.25, -0.2) is 8.78 Å². The molecule has 1 atom stereocenters. The molecule has 0 amide bonds. The quantitative estimate of drug-likeness (QED) is 0.641. The molecule has 0 aliphatic heterocycles. The average Bonchev–Trinajstić information content (AvgIpc) is 2.32. The fourth-order valence-corrected chi connectivity index (χ4v) is 2.76. The number of nitrogens with one attached hydrogen (secondary N) is 1. The first-order valence-electron chi connectivity index (χ1n) is 6.42. The predicted octanol–water partition coefficient (Wildman–Crippen LogP) is 3.32. The van der Waals surface area contributed by atoms with Crippen LogP contribution in [0.25, 0.3) is 0 Å². The molecule has 1 unspecified atom stereocenters. The summed E-state index contributed by atoms with van der Waals surface area (Å²) in [6, 6.07) is 8.04. The molecule has 0 radical (unpaired) electrons. The maximum absolute atomic E-state index is 13.2. The van der Waals surface area contributed by atoms with Crippen molar-refractivity contribution in [2.45, 2.75) is 44.6 Å². The maximum Gasteiger partial charge on any atom is 0.248 e. The number of halogens is 2. The number of hydrogen-bond acceptors (Lipinski definition) is 2. The summed E-state index contributed by atoms with van der Waals surface area (Å²) in [7, 11) is 0. The number of rotatable bonds is 3. The van der Waals surface area contributed by atoms with Crippen molar-refractivity contribution < 1.29 is 8.78 Å². The second-order valence-electron chi connectivity index (χ2n) is 5.25. The van der Waals surface area contributed by atoms with Gasteiger partial charge in [0.25, 0.3) is 0 Å². The van der Waals surface area contributed by atoms with Crippen LogP contribution in [-0.4, -0.2) is 5.92 Å². The van der Waals surface area contributed by atoms with Crippen molar-refractivity contribution in [2.24, 2.45) is 11.8 Å². The lowest BCUT2D eigenvalue weighted by Gasteiger charge is -2.33. The zero-order valence-electron chi connectivity index (χ0n) is 10.6. The Balaban J connectivity index is 2.10. The van der Waals surface area contributed by atoms with Crippen molar-refractivity contribution in [3.63, 3.8) is 0 Å². The molecule has 4 heteroatoms. The highest BCUT2D eigenvalue weighted by Gasteiger charge is 2.37. The minimum atomic E-state index is -2.48. The fraction of sp³-hybridized carbons (Fsp3) is 0.571. The zero-order chi connectivity index (χ0) is 13.2. The van der Waals surface area contributed by atoms with Crippen molar-refractivity contribution in [3.8, 4) is 0 Å². The molecule has 100 valence electrons. The van der Waals surface area contributed by atoms with Crippen LogP contribution in [0.4, 0.5) is 8.78 Å². The van der Waals surface area contributed by atoms with Crippen LogP contribution < -0.4 is 11.3 Å². The predicted molar refractivity (Wildman–Crippen MR) is 68.1 cm³/mol. The first-order valence-corrected chi connectivity index (χ1v) is 6.42. The molecule has 2 nitrogen and oxygen atoms in total. The van der Waals surface area contributed by atoms with E-state index in [1.807, 2.05) is 25.1 Å². The topological polar surface area (TPSA) is 38.0 Å². The fourth-order valence-electron chi connectivity index (χ4n) is 2.76. The van der Waals surface area contributed by atoms with Crippen molar-refractivity contribution in [1.82, 2.24) is 5.43 Å². The van der Waals surface area contributed by atoms with Crippen LogP contribution in [0, 0.1) is 12.8 Å². The third-order valence-electron chi connectivity index (χ3n) is 3.81. The van der Waals surface area contributed by atoms with E-state index in [1.54, 1.807) is 0 Å². The molecule has 3 N–H and O–H groups in total. The van der Waals surface area contributed by atoms with Gasteiger partial charge in [-0.3, -0.25) is 11.3 Å². The van der Waals surface area contributed by atoms with Gasteiger partial charge in [0.15, 0.2) is 0 Å². The normalized spacial score (nSPS) is 21.8. The van der Waals surface area contributed by atoms with Gasteiger partial charge in [-0.2, -0.15) is 0 Å². The molecule has 0 saturated heterocycles. The molecule has 1 aromatic rings. The number of alkyl halides is 2. The third-order valence-corrected chi connectivity index (χ3v) is 3.81. The van der Waals surface area contributed by atoms with Gasteiger partial charge in [0.2, 0.25) is 5.92 Å². The largest absolute Gasteiger partial charge is 0.271 e. The first-order chi connectivity index (χ1) is 8.52. The lowest BCUT2D eigenvalue weighted by Crippen LogP contribution is -2.37. The standard InChI is InChI=1S/C14H20F2N2/c1-10-3-2-4-12(9-10)13(18-17)11-5-7-14(15,16)8-6-11/h2-4,9,11,13,18H,5-8,17H2,1H3. The highest BCUT2D eigenvalue weighted by Crippen LogP contribution is 2.41. The van der Waals surface area contributed by atoms with Gasteiger partial charge in [0, 0.05) is 18.9 Å². The van der Waals surface area contributed by atoms with E-state index in [0.717, 1.165) is 11.1 Å². The molecule has 1 aromatic carbocycles. The van der Waals surface area contributed by atoms with Crippen LogP contribution in [0.5, 0.6) is 0 Å². The van der Waals surface area contributed by atoms with Crippen LogP contribution >= 0.6 is 0 Å². The Morgan fingerprint density at radius 1 is 1.33 bits per heavy atom. The summed E-state index contributed by atoms with van der Waals surface area (Å²) in [5, 5.41) is 0. The summed E-state index contributed by atoms with van der Waals surface area (Å²) in [5.74, 6) is 3.32. The van der Waals surface area contributed by atoms with E-state index in [2.05, 4.69) is 11.5 Å². The van der Waals surface area contributed by atoms with E-state index >= 15 is 0 Å². The Labute approximate surface area is 107 Å². The van der Waals surface area contributed by atoms with E-state index in [0.29, 0.717) is 12.8 Å². The highest BCUT2D eigenvalue weighted by molar-refractivity contribution is 5.25. The Morgan fingerprint density at radius 3 is 2.56 bits per heavy atom. The van der Waals surface area contributed by atoms with Gasteiger partial charge >= 0.3 is 0 Å². The van der Waals surface area contributed by atoms with Crippen molar-refractivity contribution in [3.05, 3.63) is 35.4 Å². The summed E-state index contributed by atoms with van der Waals surface area (Å²) in [6.07, 6.45) is 0.995. The monoisotopic (exact) mass is 254 g/mol. The van der Waals surface area contributed by atoms with Crippen molar-refractivity contribution >= 4 is 0 Å². The Kier molecular flexibility index (Phi) is 3.97. The summed E-state index contributed by atoms with van der Waals surface area (Å²) < 4.78 is 26.3. The maximum atomic E-state index is 13.2. The van der Waals surface area contributed by atoms with Crippen molar-refractivity contribution in [2.75, 3.05) is 0 Å². The molecule has 0 aromatic heterocycles. The molecule has 1 saturated carbocycles. The second-order valence-corrected chi connectivity index (χ2v) is 5.25. The minimum Gasteiger partial charge on any atom is -0.271 e. The Hall–Kier alpha value is -1.00. The molecular formula is C14H20F2N2. The average molecular weight is 254 g/mol. The molecule has 1 aliphatic rings. The number of benzene rings is 1. The van der Waals surface area contributed by atoms with Crippen LogP contribution in [0.15, 0.2) is 24.3 Å². The van der Waals surface area contributed by atoms with Crippen LogP contribution in [0.3, 0.4) is 0 Å². The van der Waals surface area contributed by atoms with Gasteiger partial charge in [-0.05, 0) is 31.2 Å². The SMILES string of the molecule is Cc1cccc(C(NN)C2CCC(F)(F)CC2)c1. The van der Waals surface area contributed by atoms with Crippen LogP contribution in [0.2, 0.25) is 0 Å². The number of hydrogen-bond donors (Lipinski definition) is 2. The van der Waals surface area contributed by atoms with Gasteiger partial charge in [-0.1, -0.05) is 29.8 Å². The highest BCUT2D eigenvalue weighted by atomic mass is 19.3. The van der Waals surface area contributed by atoms with E-state index in [-0.39, 0.29) is 24.8 Å².